The lowest BCUT2D eigenvalue weighted by Gasteiger charge is -2.46. The van der Waals surface area contributed by atoms with Gasteiger partial charge in [0, 0.05) is 21.8 Å². The molecule has 0 radical (unpaired) electrons. The van der Waals surface area contributed by atoms with Crippen LogP contribution in [0, 0.1) is 11.8 Å². The summed E-state index contributed by atoms with van der Waals surface area (Å²) in [6, 6.07) is -2.41. The van der Waals surface area contributed by atoms with E-state index in [1.54, 1.807) is 0 Å². The van der Waals surface area contributed by atoms with Gasteiger partial charge in [-0.25, -0.2) is 0 Å². The van der Waals surface area contributed by atoms with E-state index in [2.05, 4.69) is 0 Å². The Hall–Kier alpha value is -1.26. The maximum Gasteiger partial charge on any atom is 0.161 e. The SMILES string of the molecule is [2H]c1c2c(c([2H])c(OC)c1OC([2H])([2H])[2H])C1([2H])CC(O)C(CC(C)C)C([2H])([2H])N1CC2. The number of hydrogen-bond acceptors (Lipinski definition) is 4. The van der Waals surface area contributed by atoms with Crippen molar-refractivity contribution in [2.45, 2.75) is 45.2 Å². The molecule has 0 aliphatic carbocycles. The van der Waals surface area contributed by atoms with Gasteiger partial charge in [0.05, 0.1) is 28.5 Å². The van der Waals surface area contributed by atoms with Crippen LogP contribution in [0.3, 0.4) is 0 Å². The van der Waals surface area contributed by atoms with Gasteiger partial charge in [-0.05, 0) is 54.3 Å². The third kappa shape index (κ3) is 3.20. The van der Waals surface area contributed by atoms with Crippen LogP contribution in [0.2, 0.25) is 0 Å². The number of methoxy groups -OCH3 is 2. The van der Waals surface area contributed by atoms with Crippen molar-refractivity contribution in [3.05, 3.63) is 23.2 Å². The lowest BCUT2D eigenvalue weighted by Crippen LogP contribution is -2.48. The van der Waals surface area contributed by atoms with Gasteiger partial charge in [-0.1, -0.05) is 13.8 Å². The molecule has 1 fully saturated rings. The summed E-state index contributed by atoms with van der Waals surface area (Å²) in [4.78, 5) is 1.36. The van der Waals surface area contributed by atoms with Gasteiger partial charge in [0.1, 0.15) is 0 Å². The monoisotopic (exact) mass is 327 g/mol. The first kappa shape index (κ1) is 9.28. The molecule has 3 unspecified atom stereocenters. The number of piperidine rings is 1. The van der Waals surface area contributed by atoms with E-state index >= 15 is 0 Å². The summed E-state index contributed by atoms with van der Waals surface area (Å²) < 4.78 is 76.2. The quantitative estimate of drug-likeness (QED) is 0.923. The Morgan fingerprint density at radius 3 is 2.96 bits per heavy atom. The highest BCUT2D eigenvalue weighted by molar-refractivity contribution is 5.49. The number of ether oxygens (including phenoxy) is 2. The van der Waals surface area contributed by atoms with E-state index < -0.39 is 31.6 Å². The van der Waals surface area contributed by atoms with Crippen molar-refractivity contribution in [2.24, 2.45) is 11.8 Å². The fourth-order valence-corrected chi connectivity index (χ4v) is 3.34. The zero-order valence-electron chi connectivity index (χ0n) is 21.8. The van der Waals surface area contributed by atoms with Crippen molar-refractivity contribution in [1.82, 2.24) is 4.90 Å². The smallest absolute Gasteiger partial charge is 0.161 e. The molecular formula is C19H29NO3. The Kier molecular flexibility index (Phi) is 2.70. The summed E-state index contributed by atoms with van der Waals surface area (Å²) in [5, 5.41) is 10.9. The highest BCUT2D eigenvalue weighted by Crippen LogP contribution is 2.43. The van der Waals surface area contributed by atoms with Crippen molar-refractivity contribution >= 4 is 0 Å². The average molecular weight is 327 g/mol. The molecule has 1 aromatic rings. The third-order valence-corrected chi connectivity index (χ3v) is 4.43. The van der Waals surface area contributed by atoms with Crippen molar-refractivity contribution in [3.8, 4) is 11.5 Å². The molecule has 1 aromatic carbocycles. The molecule has 3 atom stereocenters. The molecule has 2 aliphatic heterocycles. The van der Waals surface area contributed by atoms with E-state index in [0.29, 0.717) is 6.42 Å². The van der Waals surface area contributed by atoms with E-state index in [1.165, 1.54) is 12.0 Å². The summed E-state index contributed by atoms with van der Waals surface area (Å²) in [7, 11) is -1.64. The average Bonchev–Trinajstić information content (AvgIpc) is 2.61. The highest BCUT2D eigenvalue weighted by Gasteiger charge is 2.38. The largest absolute Gasteiger partial charge is 0.493 e. The van der Waals surface area contributed by atoms with Crippen molar-refractivity contribution in [2.75, 3.05) is 27.2 Å². The molecule has 23 heavy (non-hydrogen) atoms. The molecule has 4 nitrogen and oxygen atoms in total. The molecule has 4 heteroatoms. The zero-order chi connectivity index (χ0) is 23.5. The van der Waals surface area contributed by atoms with Gasteiger partial charge in [-0.3, -0.25) is 4.90 Å². The predicted octanol–water partition coefficient (Wildman–Crippen LogP) is 3.03. The maximum absolute atomic E-state index is 10.9. The number of aliphatic hydroxyl groups excluding tert-OH is 1. The lowest BCUT2D eigenvalue weighted by molar-refractivity contribution is -0.0191. The first-order valence-corrected chi connectivity index (χ1v) is 8.00. The molecule has 0 saturated carbocycles. The van der Waals surface area contributed by atoms with Gasteiger partial charge >= 0.3 is 0 Å². The Balaban J connectivity index is 2.20. The summed E-state index contributed by atoms with van der Waals surface area (Å²) in [5.74, 6) is -1.22. The summed E-state index contributed by atoms with van der Waals surface area (Å²) >= 11 is 0. The van der Waals surface area contributed by atoms with Crippen LogP contribution in [-0.4, -0.2) is 43.3 Å². The Morgan fingerprint density at radius 2 is 2.26 bits per heavy atom. The fourth-order valence-electron chi connectivity index (χ4n) is 3.34. The summed E-state index contributed by atoms with van der Waals surface area (Å²) in [5.41, 5.74) is 0.311. The second kappa shape index (κ2) is 6.70. The molecule has 2 heterocycles. The minimum Gasteiger partial charge on any atom is -0.493 e. The second-order valence-electron chi connectivity index (χ2n) is 6.55. The molecule has 0 spiro atoms. The molecular weight excluding hydrogens is 290 g/mol. The Morgan fingerprint density at radius 1 is 1.48 bits per heavy atom. The van der Waals surface area contributed by atoms with Gasteiger partial charge in [0.25, 0.3) is 0 Å². The Bertz CT molecular complexity index is 860. The predicted molar refractivity (Wildman–Crippen MR) is 91.1 cm³/mol. The van der Waals surface area contributed by atoms with E-state index in [0.717, 1.165) is 0 Å². The molecule has 2 aliphatic rings. The van der Waals surface area contributed by atoms with E-state index in [9.17, 15) is 6.48 Å². The van der Waals surface area contributed by atoms with Crippen LogP contribution in [0.5, 0.6) is 11.5 Å². The minimum atomic E-state index is -2.86. The highest BCUT2D eigenvalue weighted by atomic mass is 16.5. The van der Waals surface area contributed by atoms with Crippen LogP contribution in [0.25, 0.3) is 0 Å². The summed E-state index contributed by atoms with van der Waals surface area (Å²) in [6.07, 6.45) is -0.661. The van der Waals surface area contributed by atoms with Crippen LogP contribution in [0.15, 0.2) is 12.1 Å². The van der Waals surface area contributed by atoms with Crippen LogP contribution in [-0.2, 0) is 6.42 Å². The van der Waals surface area contributed by atoms with Crippen LogP contribution in [0.4, 0.5) is 0 Å². The van der Waals surface area contributed by atoms with Crippen LogP contribution < -0.4 is 9.47 Å². The summed E-state index contributed by atoms with van der Waals surface area (Å²) in [6.45, 7) is 1.98. The fraction of sp³-hybridized carbons (Fsp3) is 0.684. The maximum atomic E-state index is 10.9. The van der Waals surface area contributed by atoms with E-state index in [1.807, 2.05) is 13.8 Å². The Labute approximate surface area is 150 Å². The van der Waals surface area contributed by atoms with Gasteiger partial charge in [0.2, 0.25) is 0 Å². The van der Waals surface area contributed by atoms with Crippen LogP contribution in [0.1, 0.15) is 54.8 Å². The third-order valence-electron chi connectivity index (χ3n) is 4.43. The van der Waals surface area contributed by atoms with Gasteiger partial charge in [-0.2, -0.15) is 0 Å². The molecule has 128 valence electrons. The number of aliphatic hydroxyl groups is 1. The van der Waals surface area contributed by atoms with Crippen molar-refractivity contribution in [3.63, 3.8) is 0 Å². The molecule has 3 rings (SSSR count). The van der Waals surface area contributed by atoms with Crippen LogP contribution >= 0.6 is 0 Å². The van der Waals surface area contributed by atoms with Crippen molar-refractivity contribution in [1.29, 1.82) is 0 Å². The second-order valence-corrected chi connectivity index (χ2v) is 6.55. The number of benzene rings is 1. The number of hydrogen-bond donors (Lipinski definition) is 1. The van der Waals surface area contributed by atoms with Gasteiger partial charge in [0.15, 0.2) is 11.5 Å². The number of nitrogens with zero attached hydrogens (tertiary/aromatic N) is 1. The first-order valence-electron chi connectivity index (χ1n) is 12.0. The lowest BCUT2D eigenvalue weighted by atomic mass is 9.79. The molecule has 0 bridgehead atoms. The molecule has 0 amide bonds. The zero-order valence-corrected chi connectivity index (χ0v) is 13.8. The molecule has 1 N–H and O–H groups in total. The number of fused-ring (bicyclic) bond motifs is 3. The molecule has 1 saturated heterocycles. The normalized spacial score (nSPS) is 38.5. The number of rotatable bonds is 4. The standard InChI is InChI=1S/C19H29NO3/c1-12(2)7-14-11-20-6-5-13-8-18(22-3)19(23-4)9-15(13)16(20)10-17(14)21/h8-9,12,14,16-17,21H,5-7,10-11H2,1-4H3/i3D3,8D,9D,11D2,16D. The van der Waals surface area contributed by atoms with Crippen molar-refractivity contribution < 1.29 is 25.5 Å². The van der Waals surface area contributed by atoms with E-state index in [-0.39, 0.29) is 60.0 Å². The topological polar surface area (TPSA) is 41.9 Å². The minimum absolute atomic E-state index is 0.0596. The van der Waals surface area contributed by atoms with Gasteiger partial charge < -0.3 is 14.6 Å². The molecule has 0 aromatic heterocycles. The van der Waals surface area contributed by atoms with Gasteiger partial charge in [-0.15, -0.1) is 0 Å². The van der Waals surface area contributed by atoms with E-state index in [4.69, 9.17) is 19.1 Å². The first-order chi connectivity index (χ1) is 14.1.